The Labute approximate surface area is 148 Å². The van der Waals surface area contributed by atoms with Crippen molar-refractivity contribution < 1.29 is 13.2 Å². The lowest BCUT2D eigenvalue weighted by Crippen LogP contribution is -2.52. The van der Waals surface area contributed by atoms with Crippen LogP contribution < -0.4 is 0 Å². The third-order valence-electron chi connectivity index (χ3n) is 4.95. The summed E-state index contributed by atoms with van der Waals surface area (Å²) >= 11 is 1.23. The first-order chi connectivity index (χ1) is 11.5. The number of carbonyl (C=O) groups is 1. The molecule has 2 aliphatic rings. The molecule has 1 amide bonds. The molecule has 3 heterocycles. The average Bonchev–Trinajstić information content (AvgIpc) is 3.17. The number of nitrogens with zero attached hydrogens (tertiary/aromatic N) is 3. The summed E-state index contributed by atoms with van der Waals surface area (Å²) in [4.78, 5) is 17.0. The lowest BCUT2D eigenvalue weighted by atomic mass is 9.98. The van der Waals surface area contributed by atoms with Crippen molar-refractivity contribution >= 4 is 27.3 Å². The second kappa shape index (κ2) is 7.51. The number of hydrogen-bond donors (Lipinski definition) is 0. The van der Waals surface area contributed by atoms with Crippen molar-refractivity contribution in [1.29, 1.82) is 0 Å². The van der Waals surface area contributed by atoms with Crippen molar-refractivity contribution in [2.24, 2.45) is 5.92 Å². The molecule has 0 spiro atoms. The molecule has 3 rings (SSSR count). The van der Waals surface area contributed by atoms with Crippen LogP contribution in [0.15, 0.2) is 21.7 Å². The summed E-state index contributed by atoms with van der Waals surface area (Å²) in [7, 11) is -3.46. The number of sulfonamides is 1. The maximum absolute atomic E-state index is 12.8. The Bertz CT molecular complexity index is 652. The molecule has 134 valence electrons. The molecule has 1 atom stereocenters. The molecule has 6 nitrogen and oxygen atoms in total. The number of hydrogen-bond acceptors (Lipinski definition) is 5. The van der Waals surface area contributed by atoms with E-state index in [0.717, 1.165) is 45.6 Å². The van der Waals surface area contributed by atoms with E-state index >= 15 is 0 Å². The van der Waals surface area contributed by atoms with E-state index in [9.17, 15) is 13.2 Å². The van der Waals surface area contributed by atoms with Gasteiger partial charge in [0.15, 0.2) is 0 Å². The maximum Gasteiger partial charge on any atom is 0.252 e. The zero-order chi connectivity index (χ0) is 17.2. The van der Waals surface area contributed by atoms with Crippen LogP contribution in [-0.4, -0.2) is 74.2 Å². The molecular formula is C16H25N3O3S2. The summed E-state index contributed by atoms with van der Waals surface area (Å²) in [5.41, 5.74) is 0. The fraction of sp³-hybridized carbons (Fsp3) is 0.688. The molecule has 0 aromatic carbocycles. The Morgan fingerprint density at radius 2 is 2.00 bits per heavy atom. The van der Waals surface area contributed by atoms with Gasteiger partial charge in [0.1, 0.15) is 4.21 Å². The molecule has 0 bridgehead atoms. The highest BCUT2D eigenvalue weighted by molar-refractivity contribution is 7.91. The molecule has 8 heteroatoms. The monoisotopic (exact) mass is 371 g/mol. The van der Waals surface area contributed by atoms with Crippen LogP contribution in [0.25, 0.3) is 0 Å². The summed E-state index contributed by atoms with van der Waals surface area (Å²) in [6.07, 6.45) is 1.53. The lowest BCUT2D eigenvalue weighted by molar-refractivity contribution is -0.138. The molecule has 24 heavy (non-hydrogen) atoms. The van der Waals surface area contributed by atoms with Crippen molar-refractivity contribution in [2.45, 2.75) is 24.0 Å². The molecule has 0 N–H and O–H groups in total. The van der Waals surface area contributed by atoms with E-state index in [4.69, 9.17) is 0 Å². The van der Waals surface area contributed by atoms with Crippen LogP contribution in [0.4, 0.5) is 0 Å². The maximum atomic E-state index is 12.8. The first-order valence-corrected chi connectivity index (χ1v) is 10.9. The molecule has 2 saturated heterocycles. The summed E-state index contributed by atoms with van der Waals surface area (Å²) < 4.78 is 27.2. The number of amides is 1. The smallest absolute Gasteiger partial charge is 0.252 e. The van der Waals surface area contributed by atoms with E-state index < -0.39 is 10.0 Å². The van der Waals surface area contributed by atoms with E-state index in [0.29, 0.717) is 17.3 Å². The molecule has 2 fully saturated rings. The van der Waals surface area contributed by atoms with Crippen molar-refractivity contribution in [2.75, 3.05) is 45.8 Å². The van der Waals surface area contributed by atoms with Gasteiger partial charge in [0.25, 0.3) is 10.0 Å². The van der Waals surface area contributed by atoms with Gasteiger partial charge >= 0.3 is 0 Å². The topological polar surface area (TPSA) is 60.9 Å². The van der Waals surface area contributed by atoms with E-state index in [-0.39, 0.29) is 11.8 Å². The third kappa shape index (κ3) is 3.66. The van der Waals surface area contributed by atoms with Crippen molar-refractivity contribution in [1.82, 2.24) is 14.1 Å². The minimum Gasteiger partial charge on any atom is -0.340 e. The Kier molecular flexibility index (Phi) is 5.59. The minimum atomic E-state index is -3.46. The molecule has 1 aromatic heterocycles. The fourth-order valence-electron chi connectivity index (χ4n) is 3.44. The summed E-state index contributed by atoms with van der Waals surface area (Å²) in [6.45, 7) is 7.28. The minimum absolute atomic E-state index is 0.122. The molecule has 0 aliphatic carbocycles. The Morgan fingerprint density at radius 3 is 2.62 bits per heavy atom. The van der Waals surface area contributed by atoms with Gasteiger partial charge < -0.3 is 9.80 Å². The van der Waals surface area contributed by atoms with Crippen LogP contribution >= 0.6 is 11.3 Å². The highest BCUT2D eigenvalue weighted by Crippen LogP contribution is 2.27. The van der Waals surface area contributed by atoms with E-state index in [2.05, 4.69) is 11.8 Å². The molecule has 0 radical (unpaired) electrons. The van der Waals surface area contributed by atoms with Gasteiger partial charge in [-0.15, -0.1) is 11.3 Å². The van der Waals surface area contributed by atoms with E-state index in [1.54, 1.807) is 17.5 Å². The normalized spacial score (nSPS) is 24.2. The van der Waals surface area contributed by atoms with Crippen LogP contribution in [0.2, 0.25) is 0 Å². The summed E-state index contributed by atoms with van der Waals surface area (Å²) in [5.74, 6) is -0.0847. The van der Waals surface area contributed by atoms with Crippen molar-refractivity contribution in [3.63, 3.8) is 0 Å². The Balaban J connectivity index is 1.64. The molecule has 2 aliphatic heterocycles. The quantitative estimate of drug-likeness (QED) is 0.801. The number of thiophene rings is 1. The van der Waals surface area contributed by atoms with Gasteiger partial charge in [0, 0.05) is 39.3 Å². The fourth-order valence-corrected chi connectivity index (χ4v) is 6.11. The zero-order valence-corrected chi connectivity index (χ0v) is 15.7. The molecular weight excluding hydrogens is 346 g/mol. The predicted octanol–water partition coefficient (Wildman–Crippen LogP) is 1.31. The number of likely N-dealkylation sites (N-methyl/N-ethyl adjacent to an activating group) is 1. The molecule has 1 aromatic rings. The van der Waals surface area contributed by atoms with Gasteiger partial charge in [-0.2, -0.15) is 4.31 Å². The highest BCUT2D eigenvalue weighted by Gasteiger charge is 2.36. The van der Waals surface area contributed by atoms with Gasteiger partial charge in [0.05, 0.1) is 5.92 Å². The van der Waals surface area contributed by atoms with E-state index in [1.165, 1.54) is 15.6 Å². The van der Waals surface area contributed by atoms with Gasteiger partial charge in [-0.1, -0.05) is 13.0 Å². The predicted molar refractivity (Wildman–Crippen MR) is 94.5 cm³/mol. The number of piperazine rings is 1. The first-order valence-electron chi connectivity index (χ1n) is 8.57. The summed E-state index contributed by atoms with van der Waals surface area (Å²) in [5, 5.41) is 1.77. The number of rotatable bonds is 4. The van der Waals surface area contributed by atoms with Crippen LogP contribution in [0.1, 0.15) is 19.8 Å². The second-order valence-corrected chi connectivity index (χ2v) is 9.51. The number of carbonyl (C=O) groups excluding carboxylic acids is 1. The largest absolute Gasteiger partial charge is 0.340 e. The molecule has 0 unspecified atom stereocenters. The lowest BCUT2D eigenvalue weighted by Gasteiger charge is -2.38. The Morgan fingerprint density at radius 1 is 1.25 bits per heavy atom. The average molecular weight is 372 g/mol. The second-order valence-electron chi connectivity index (χ2n) is 6.39. The standard InChI is InChI=1S/C16H25N3O3S2/c1-2-17-8-10-18(11-9-17)16(20)14-5-3-7-19(13-14)24(21,22)15-6-4-12-23-15/h4,6,12,14H,2-3,5,7-11,13H2,1H3/t14-/m0/s1. The summed E-state index contributed by atoms with van der Waals surface area (Å²) in [6, 6.07) is 3.38. The third-order valence-corrected chi connectivity index (χ3v) is 8.19. The van der Waals surface area contributed by atoms with Gasteiger partial charge in [-0.25, -0.2) is 8.42 Å². The SMILES string of the molecule is CCN1CCN(C(=O)[C@H]2CCCN(S(=O)(=O)c3cccs3)C2)CC1. The van der Waals surface area contributed by atoms with E-state index in [1.807, 2.05) is 4.90 Å². The van der Waals surface area contributed by atoms with Crippen molar-refractivity contribution in [3.05, 3.63) is 17.5 Å². The number of piperidine rings is 1. The molecule has 0 saturated carbocycles. The Hall–Kier alpha value is -0.960. The van der Waals surface area contributed by atoms with Gasteiger partial charge in [0.2, 0.25) is 5.91 Å². The van der Waals surface area contributed by atoms with Crippen molar-refractivity contribution in [3.8, 4) is 0 Å². The highest BCUT2D eigenvalue weighted by atomic mass is 32.2. The van der Waals surface area contributed by atoms with Crippen LogP contribution in [0.5, 0.6) is 0 Å². The van der Waals surface area contributed by atoms with Gasteiger partial charge in [-0.3, -0.25) is 4.79 Å². The van der Waals surface area contributed by atoms with Gasteiger partial charge in [-0.05, 0) is 30.8 Å². The first kappa shape index (κ1) is 17.8. The van der Waals surface area contributed by atoms with Crippen LogP contribution in [-0.2, 0) is 14.8 Å². The zero-order valence-electron chi connectivity index (χ0n) is 14.1. The van der Waals surface area contributed by atoms with Crippen LogP contribution in [0.3, 0.4) is 0 Å². The van der Waals surface area contributed by atoms with Crippen LogP contribution in [0, 0.1) is 5.92 Å².